The number of aliphatic hydroxyl groups excluding tert-OH is 1. The van der Waals surface area contributed by atoms with E-state index in [1.165, 1.54) is 38.4 Å². The number of hydrogen-bond acceptors (Lipinski definition) is 4. The molecule has 4 rings (SSSR count). The monoisotopic (exact) mass is 326 g/mol. The zero-order valence-corrected chi connectivity index (χ0v) is 14.0. The van der Waals surface area contributed by atoms with E-state index in [4.69, 9.17) is 14.2 Å². The largest absolute Gasteiger partial charge is 0.387 e. The molecule has 7 unspecified atom stereocenters. The molecule has 2 heterocycles. The first-order valence-corrected chi connectivity index (χ1v) is 8.85. The van der Waals surface area contributed by atoms with Gasteiger partial charge in [0, 0.05) is 13.5 Å². The number of allylic oxidation sites excluding steroid dienone is 1. The third-order valence-corrected chi connectivity index (χ3v) is 6.39. The zero-order valence-electron chi connectivity index (χ0n) is 14.0. The van der Waals surface area contributed by atoms with Crippen LogP contribution in [0, 0.1) is 5.92 Å². The van der Waals surface area contributed by atoms with Crippen molar-refractivity contribution in [1.29, 1.82) is 0 Å². The minimum atomic E-state index is -1.29. The normalized spacial score (nSPS) is 52.0. The predicted molar refractivity (Wildman–Crippen MR) is 82.9 cm³/mol. The maximum atomic E-state index is 14.1. The highest BCUT2D eigenvalue weighted by molar-refractivity contribution is 5.22. The SMILES string of the molecule is COC1C(O)C(F)CC2(CO2)C1C1(C)OC1CC=C1CCCC1. The van der Waals surface area contributed by atoms with Crippen molar-refractivity contribution in [3.05, 3.63) is 11.6 Å². The third kappa shape index (κ3) is 2.56. The second kappa shape index (κ2) is 5.51. The Bertz CT molecular complexity index is 495. The topological polar surface area (TPSA) is 54.5 Å². The summed E-state index contributed by atoms with van der Waals surface area (Å²) < 4.78 is 31.3. The van der Waals surface area contributed by atoms with Crippen LogP contribution in [0.25, 0.3) is 0 Å². The van der Waals surface area contributed by atoms with Gasteiger partial charge >= 0.3 is 0 Å². The summed E-state index contributed by atoms with van der Waals surface area (Å²) in [5.41, 5.74) is 0.633. The summed E-state index contributed by atoms with van der Waals surface area (Å²) >= 11 is 0. The molecule has 7 atom stereocenters. The highest BCUT2D eigenvalue weighted by Gasteiger charge is 2.73. The van der Waals surface area contributed by atoms with Gasteiger partial charge in [-0.1, -0.05) is 11.6 Å². The number of rotatable bonds is 4. The number of epoxide rings is 2. The molecule has 5 heteroatoms. The summed E-state index contributed by atoms with van der Waals surface area (Å²) in [5.74, 6) is -0.117. The van der Waals surface area contributed by atoms with Gasteiger partial charge < -0.3 is 19.3 Å². The lowest BCUT2D eigenvalue weighted by atomic mass is 9.67. The van der Waals surface area contributed by atoms with Crippen molar-refractivity contribution in [3.63, 3.8) is 0 Å². The average molecular weight is 326 g/mol. The maximum absolute atomic E-state index is 14.1. The van der Waals surface area contributed by atoms with E-state index in [-0.39, 0.29) is 18.4 Å². The van der Waals surface area contributed by atoms with Crippen LogP contribution in [0.4, 0.5) is 4.39 Å². The molecule has 0 amide bonds. The van der Waals surface area contributed by atoms with E-state index in [9.17, 15) is 9.50 Å². The maximum Gasteiger partial charge on any atom is 0.131 e. The molecule has 2 saturated carbocycles. The molecule has 1 N–H and O–H groups in total. The lowest BCUT2D eigenvalue weighted by molar-refractivity contribution is -0.144. The second-order valence-electron chi connectivity index (χ2n) is 7.84. The van der Waals surface area contributed by atoms with Crippen LogP contribution in [0.2, 0.25) is 0 Å². The van der Waals surface area contributed by atoms with Crippen molar-refractivity contribution >= 4 is 0 Å². The van der Waals surface area contributed by atoms with Gasteiger partial charge in [-0.3, -0.25) is 0 Å². The van der Waals surface area contributed by atoms with Crippen LogP contribution in [-0.4, -0.2) is 54.5 Å². The Morgan fingerprint density at radius 2 is 2.09 bits per heavy atom. The lowest BCUT2D eigenvalue weighted by Gasteiger charge is -2.42. The summed E-state index contributed by atoms with van der Waals surface area (Å²) in [6, 6.07) is 0. The average Bonchev–Trinajstić information content (AvgIpc) is 3.35. The van der Waals surface area contributed by atoms with E-state index >= 15 is 0 Å². The van der Waals surface area contributed by atoms with Crippen LogP contribution in [0.15, 0.2) is 11.6 Å². The summed E-state index contributed by atoms with van der Waals surface area (Å²) in [6.45, 7) is 2.60. The number of hydrogen-bond donors (Lipinski definition) is 1. The number of aliphatic hydroxyl groups is 1. The van der Waals surface area contributed by atoms with Crippen molar-refractivity contribution in [2.24, 2.45) is 5.92 Å². The molecule has 130 valence electrons. The van der Waals surface area contributed by atoms with Gasteiger partial charge in [-0.25, -0.2) is 4.39 Å². The van der Waals surface area contributed by atoms with Gasteiger partial charge in [0.15, 0.2) is 0 Å². The molecule has 23 heavy (non-hydrogen) atoms. The summed E-state index contributed by atoms with van der Waals surface area (Å²) in [6.07, 6.45) is 5.62. The van der Waals surface area contributed by atoms with Gasteiger partial charge in [-0.2, -0.15) is 0 Å². The van der Waals surface area contributed by atoms with Crippen molar-refractivity contribution in [2.75, 3.05) is 13.7 Å². The Morgan fingerprint density at radius 3 is 2.70 bits per heavy atom. The standard InChI is InChI=1S/C18H27FO4/c1-17(13(23-17)8-7-11-5-3-4-6-11)16-15(21-2)14(20)12(19)9-18(16)10-22-18/h7,12-16,20H,3-6,8-10H2,1-2H3. The van der Waals surface area contributed by atoms with E-state index in [0.717, 1.165) is 6.42 Å². The van der Waals surface area contributed by atoms with Gasteiger partial charge in [-0.05, 0) is 39.0 Å². The molecule has 0 aromatic heterocycles. The molecule has 2 aliphatic carbocycles. The number of methoxy groups -OCH3 is 1. The molecule has 2 saturated heterocycles. The van der Waals surface area contributed by atoms with Crippen LogP contribution >= 0.6 is 0 Å². The Hall–Kier alpha value is -0.490. The van der Waals surface area contributed by atoms with E-state index in [2.05, 4.69) is 13.0 Å². The molecule has 0 radical (unpaired) electrons. The first kappa shape index (κ1) is 16.0. The fourth-order valence-electron chi connectivity index (χ4n) is 4.93. The number of ether oxygens (including phenoxy) is 3. The van der Waals surface area contributed by atoms with Crippen molar-refractivity contribution < 1.29 is 23.7 Å². The molecular weight excluding hydrogens is 299 g/mol. The highest BCUT2D eigenvalue weighted by atomic mass is 19.1. The molecule has 2 aliphatic heterocycles. The molecule has 0 bridgehead atoms. The number of halogens is 1. The molecule has 1 spiro atoms. The fourth-order valence-corrected chi connectivity index (χ4v) is 4.93. The lowest BCUT2D eigenvalue weighted by Crippen LogP contribution is -2.58. The van der Waals surface area contributed by atoms with Crippen LogP contribution in [0.1, 0.15) is 45.4 Å². The van der Waals surface area contributed by atoms with E-state index in [0.29, 0.717) is 6.61 Å². The van der Waals surface area contributed by atoms with Crippen LogP contribution in [0.5, 0.6) is 0 Å². The Labute approximate surface area is 137 Å². The fraction of sp³-hybridized carbons (Fsp3) is 0.889. The molecule has 4 fully saturated rings. The number of alkyl halides is 1. The first-order valence-electron chi connectivity index (χ1n) is 8.85. The second-order valence-corrected chi connectivity index (χ2v) is 7.84. The Balaban J connectivity index is 1.50. The van der Waals surface area contributed by atoms with Gasteiger partial charge in [0.05, 0.1) is 24.7 Å². The van der Waals surface area contributed by atoms with Crippen molar-refractivity contribution in [1.82, 2.24) is 0 Å². The molecular formula is C18H27FO4. The van der Waals surface area contributed by atoms with Gasteiger partial charge in [-0.15, -0.1) is 0 Å². The molecule has 4 nitrogen and oxygen atoms in total. The van der Waals surface area contributed by atoms with Crippen molar-refractivity contribution in [2.45, 2.75) is 81.1 Å². The van der Waals surface area contributed by atoms with E-state index < -0.39 is 29.6 Å². The highest BCUT2D eigenvalue weighted by Crippen LogP contribution is 2.59. The Kier molecular flexibility index (Phi) is 3.84. The predicted octanol–water partition coefficient (Wildman–Crippen LogP) is 2.54. The van der Waals surface area contributed by atoms with Crippen molar-refractivity contribution in [3.8, 4) is 0 Å². The van der Waals surface area contributed by atoms with Crippen LogP contribution in [0.3, 0.4) is 0 Å². The summed E-state index contributed by atoms with van der Waals surface area (Å²) in [7, 11) is 1.54. The minimum Gasteiger partial charge on any atom is -0.387 e. The van der Waals surface area contributed by atoms with E-state index in [1.807, 2.05) is 0 Å². The quantitative estimate of drug-likeness (QED) is 0.637. The van der Waals surface area contributed by atoms with Gasteiger partial charge in [0.1, 0.15) is 23.5 Å². The third-order valence-electron chi connectivity index (χ3n) is 6.39. The summed E-state index contributed by atoms with van der Waals surface area (Å²) in [4.78, 5) is 0. The molecule has 0 aromatic rings. The minimum absolute atomic E-state index is 0.114. The smallest absolute Gasteiger partial charge is 0.131 e. The van der Waals surface area contributed by atoms with Crippen LogP contribution in [-0.2, 0) is 14.2 Å². The Morgan fingerprint density at radius 1 is 1.39 bits per heavy atom. The van der Waals surface area contributed by atoms with Crippen LogP contribution < -0.4 is 0 Å². The molecule has 4 aliphatic rings. The molecule has 0 aromatic carbocycles. The first-order chi connectivity index (χ1) is 11.0. The zero-order chi connectivity index (χ0) is 16.2. The van der Waals surface area contributed by atoms with Gasteiger partial charge in [0.2, 0.25) is 0 Å². The van der Waals surface area contributed by atoms with Gasteiger partial charge in [0.25, 0.3) is 0 Å². The van der Waals surface area contributed by atoms with E-state index in [1.54, 1.807) is 0 Å². The summed E-state index contributed by atoms with van der Waals surface area (Å²) in [5, 5.41) is 10.2.